The molecule has 0 aliphatic carbocycles. The van der Waals surface area contributed by atoms with Gasteiger partial charge in [0.1, 0.15) is 0 Å². The number of carbonyl (C=O) groups excluding carboxylic acids is 2. The van der Waals surface area contributed by atoms with Crippen molar-refractivity contribution in [2.24, 2.45) is 0 Å². The van der Waals surface area contributed by atoms with Gasteiger partial charge in [0.25, 0.3) is 0 Å². The molecule has 0 saturated carbocycles. The SMILES string of the molecule is C/C=C\C=C(/C)C(C)N(CCN(C)C(C)=O)C(=O)OC. The molecule has 114 valence electrons. The van der Waals surface area contributed by atoms with Crippen molar-refractivity contribution in [2.75, 3.05) is 27.2 Å². The van der Waals surface area contributed by atoms with Crippen LogP contribution in [0.5, 0.6) is 0 Å². The highest BCUT2D eigenvalue weighted by Crippen LogP contribution is 2.12. The summed E-state index contributed by atoms with van der Waals surface area (Å²) in [7, 11) is 3.08. The van der Waals surface area contributed by atoms with Crippen LogP contribution in [0.25, 0.3) is 0 Å². The lowest BCUT2D eigenvalue weighted by atomic mass is 10.1. The minimum atomic E-state index is -0.386. The maximum absolute atomic E-state index is 11.9. The first kappa shape index (κ1) is 18.2. The van der Waals surface area contributed by atoms with E-state index in [4.69, 9.17) is 4.74 Å². The van der Waals surface area contributed by atoms with Crippen LogP contribution in [-0.2, 0) is 9.53 Å². The van der Waals surface area contributed by atoms with Gasteiger partial charge in [0.05, 0.1) is 13.2 Å². The number of carbonyl (C=O) groups is 2. The number of nitrogens with zero attached hydrogens (tertiary/aromatic N) is 2. The minimum Gasteiger partial charge on any atom is -0.453 e. The van der Waals surface area contributed by atoms with Gasteiger partial charge in [-0.15, -0.1) is 0 Å². The standard InChI is InChI=1S/C15H26N2O3/c1-7-8-9-12(2)13(3)17(15(19)20-6)11-10-16(5)14(4)18/h7-9,13H,10-11H2,1-6H3/b8-7-,12-9+. The van der Waals surface area contributed by atoms with E-state index in [9.17, 15) is 9.59 Å². The van der Waals surface area contributed by atoms with Crippen LogP contribution in [0.3, 0.4) is 0 Å². The average molecular weight is 282 g/mol. The van der Waals surface area contributed by atoms with Gasteiger partial charge in [0, 0.05) is 27.1 Å². The summed E-state index contributed by atoms with van der Waals surface area (Å²) in [4.78, 5) is 26.3. The lowest BCUT2D eigenvalue weighted by Gasteiger charge is -2.30. The zero-order chi connectivity index (χ0) is 15.7. The third-order valence-electron chi connectivity index (χ3n) is 3.30. The van der Waals surface area contributed by atoms with E-state index < -0.39 is 0 Å². The summed E-state index contributed by atoms with van der Waals surface area (Å²) in [6.07, 6.45) is 5.45. The summed E-state index contributed by atoms with van der Waals surface area (Å²) < 4.78 is 4.82. The average Bonchev–Trinajstić information content (AvgIpc) is 2.43. The molecule has 1 unspecified atom stereocenters. The number of allylic oxidation sites excluding steroid dienone is 3. The molecule has 0 aliphatic heterocycles. The van der Waals surface area contributed by atoms with Crippen molar-refractivity contribution in [1.82, 2.24) is 9.80 Å². The Balaban J connectivity index is 4.88. The second-order valence-corrected chi connectivity index (χ2v) is 4.72. The highest BCUT2D eigenvalue weighted by molar-refractivity contribution is 5.73. The molecule has 1 atom stereocenters. The van der Waals surface area contributed by atoms with Crippen LogP contribution in [0, 0.1) is 0 Å². The largest absolute Gasteiger partial charge is 0.453 e. The lowest BCUT2D eigenvalue weighted by molar-refractivity contribution is -0.127. The lowest BCUT2D eigenvalue weighted by Crippen LogP contribution is -2.44. The summed E-state index contributed by atoms with van der Waals surface area (Å²) in [5.74, 6) is -0.0244. The highest BCUT2D eigenvalue weighted by Gasteiger charge is 2.22. The monoisotopic (exact) mass is 282 g/mol. The highest BCUT2D eigenvalue weighted by atomic mass is 16.5. The molecule has 0 radical (unpaired) electrons. The van der Waals surface area contributed by atoms with E-state index in [2.05, 4.69) is 0 Å². The third kappa shape index (κ3) is 5.91. The molecule has 0 aliphatic rings. The number of rotatable bonds is 6. The topological polar surface area (TPSA) is 49.9 Å². The number of likely N-dealkylation sites (N-methyl/N-ethyl adjacent to an activating group) is 1. The molecule has 5 nitrogen and oxygen atoms in total. The Labute approximate surface area is 121 Å². The second kappa shape index (κ2) is 9.18. The van der Waals surface area contributed by atoms with Crippen LogP contribution >= 0.6 is 0 Å². The Hall–Kier alpha value is -1.78. The number of hydrogen-bond acceptors (Lipinski definition) is 3. The number of ether oxygens (including phenoxy) is 1. The van der Waals surface area contributed by atoms with E-state index in [1.54, 1.807) is 16.8 Å². The first-order valence-corrected chi connectivity index (χ1v) is 6.70. The molecular weight excluding hydrogens is 256 g/mol. The molecule has 0 saturated heterocycles. The van der Waals surface area contributed by atoms with Crippen molar-refractivity contribution in [1.29, 1.82) is 0 Å². The van der Waals surface area contributed by atoms with E-state index in [1.165, 1.54) is 14.0 Å². The summed E-state index contributed by atoms with van der Waals surface area (Å²) in [5, 5.41) is 0. The number of hydrogen-bond donors (Lipinski definition) is 0. The van der Waals surface area contributed by atoms with Crippen molar-refractivity contribution < 1.29 is 14.3 Å². The van der Waals surface area contributed by atoms with Gasteiger partial charge in [-0.3, -0.25) is 4.79 Å². The molecule has 0 aromatic rings. The van der Waals surface area contributed by atoms with Crippen molar-refractivity contribution in [2.45, 2.75) is 33.7 Å². The molecule has 0 fully saturated rings. The second-order valence-electron chi connectivity index (χ2n) is 4.72. The van der Waals surface area contributed by atoms with E-state index in [0.29, 0.717) is 13.1 Å². The summed E-state index contributed by atoms with van der Waals surface area (Å²) in [6.45, 7) is 8.27. The summed E-state index contributed by atoms with van der Waals surface area (Å²) in [6, 6.07) is -0.0843. The minimum absolute atomic E-state index is 0.0244. The van der Waals surface area contributed by atoms with E-state index in [1.807, 2.05) is 39.0 Å². The maximum atomic E-state index is 11.9. The molecule has 5 heteroatoms. The van der Waals surface area contributed by atoms with Gasteiger partial charge in [0.2, 0.25) is 5.91 Å². The Bertz CT molecular complexity index is 389. The first-order chi connectivity index (χ1) is 9.34. The smallest absolute Gasteiger partial charge is 0.410 e. The summed E-state index contributed by atoms with van der Waals surface area (Å²) >= 11 is 0. The van der Waals surface area contributed by atoms with Crippen LogP contribution in [-0.4, -0.2) is 55.1 Å². The van der Waals surface area contributed by atoms with Crippen LogP contribution in [0.15, 0.2) is 23.8 Å². The number of methoxy groups -OCH3 is 1. The predicted molar refractivity (Wildman–Crippen MR) is 80.5 cm³/mol. The Morgan fingerprint density at radius 3 is 2.30 bits per heavy atom. The van der Waals surface area contributed by atoms with Crippen LogP contribution < -0.4 is 0 Å². The van der Waals surface area contributed by atoms with Gasteiger partial charge in [-0.1, -0.05) is 23.8 Å². The fourth-order valence-corrected chi connectivity index (χ4v) is 1.61. The Kier molecular flexibility index (Phi) is 8.36. The van der Waals surface area contributed by atoms with Crippen LogP contribution in [0.1, 0.15) is 27.7 Å². The summed E-state index contributed by atoms with van der Waals surface area (Å²) in [5.41, 5.74) is 1.05. The molecule has 0 N–H and O–H groups in total. The third-order valence-corrected chi connectivity index (χ3v) is 3.30. The van der Waals surface area contributed by atoms with Gasteiger partial charge in [-0.25, -0.2) is 4.79 Å². The quantitative estimate of drug-likeness (QED) is 0.703. The van der Waals surface area contributed by atoms with Gasteiger partial charge < -0.3 is 14.5 Å². The van der Waals surface area contributed by atoms with E-state index in [-0.39, 0.29) is 18.0 Å². The normalized spacial score (nSPS) is 13.2. The van der Waals surface area contributed by atoms with Gasteiger partial charge in [-0.05, 0) is 20.8 Å². The van der Waals surface area contributed by atoms with Gasteiger partial charge in [0.15, 0.2) is 0 Å². The van der Waals surface area contributed by atoms with Crippen molar-refractivity contribution in [3.63, 3.8) is 0 Å². The molecule has 0 aromatic heterocycles. The molecule has 20 heavy (non-hydrogen) atoms. The van der Waals surface area contributed by atoms with E-state index in [0.717, 1.165) is 5.57 Å². The zero-order valence-corrected chi connectivity index (χ0v) is 13.3. The van der Waals surface area contributed by atoms with Crippen molar-refractivity contribution >= 4 is 12.0 Å². The van der Waals surface area contributed by atoms with Crippen LogP contribution in [0.4, 0.5) is 4.79 Å². The van der Waals surface area contributed by atoms with Gasteiger partial charge >= 0.3 is 6.09 Å². The predicted octanol–water partition coefficient (Wildman–Crippen LogP) is 2.44. The molecule has 0 rings (SSSR count). The zero-order valence-electron chi connectivity index (χ0n) is 13.3. The molecule has 0 bridgehead atoms. The van der Waals surface area contributed by atoms with Crippen LogP contribution in [0.2, 0.25) is 0 Å². The fourth-order valence-electron chi connectivity index (χ4n) is 1.61. The van der Waals surface area contributed by atoms with E-state index >= 15 is 0 Å². The molecule has 0 heterocycles. The molecule has 2 amide bonds. The first-order valence-electron chi connectivity index (χ1n) is 6.70. The van der Waals surface area contributed by atoms with Crippen molar-refractivity contribution in [3.8, 4) is 0 Å². The molecule has 0 spiro atoms. The number of amides is 2. The maximum Gasteiger partial charge on any atom is 0.410 e. The van der Waals surface area contributed by atoms with Crippen molar-refractivity contribution in [3.05, 3.63) is 23.8 Å². The Morgan fingerprint density at radius 1 is 1.25 bits per heavy atom. The molecular formula is C15H26N2O3. The molecule has 0 aromatic carbocycles. The Morgan fingerprint density at radius 2 is 1.85 bits per heavy atom. The fraction of sp³-hybridized carbons (Fsp3) is 0.600. The van der Waals surface area contributed by atoms with Gasteiger partial charge in [-0.2, -0.15) is 0 Å².